The Morgan fingerprint density at radius 3 is 2.85 bits per heavy atom. The molecule has 0 spiro atoms. The molecule has 0 aliphatic heterocycles. The Morgan fingerprint density at radius 2 is 2.25 bits per heavy atom. The summed E-state index contributed by atoms with van der Waals surface area (Å²) in [6.45, 7) is 0.161. The molecule has 0 unspecified atom stereocenters. The van der Waals surface area contributed by atoms with E-state index in [2.05, 4.69) is 19.4 Å². The van der Waals surface area contributed by atoms with Gasteiger partial charge in [0.2, 0.25) is 16.4 Å². The Bertz CT molecular complexity index is 670. The third kappa shape index (κ3) is 3.25. The number of hydrogen-bond acceptors (Lipinski definition) is 7. The average Bonchev–Trinajstić information content (AvgIpc) is 2.91. The number of anilines is 1. The Hall–Kier alpha value is -2.13. The van der Waals surface area contributed by atoms with Gasteiger partial charge in [0.1, 0.15) is 5.75 Å². The Kier molecular flexibility index (Phi) is 4.20. The average molecular weight is 298 g/mol. The number of nitrogen functional groups attached to an aromatic ring is 1. The van der Waals surface area contributed by atoms with Crippen molar-refractivity contribution in [3.05, 3.63) is 30.4 Å². The zero-order valence-corrected chi connectivity index (χ0v) is 11.6. The number of nitrogens with one attached hydrogen (secondary N) is 1. The topological polar surface area (TPSA) is 120 Å². The predicted octanol–water partition coefficient (Wildman–Crippen LogP) is 0.181. The highest BCUT2D eigenvalue weighted by molar-refractivity contribution is 7.89. The molecule has 2 aromatic rings. The van der Waals surface area contributed by atoms with Crippen molar-refractivity contribution >= 4 is 15.7 Å². The first-order valence-electron chi connectivity index (χ1n) is 5.71. The Labute approximate surface area is 116 Å². The molecule has 0 radical (unpaired) electrons. The highest BCUT2D eigenvalue weighted by atomic mass is 32.2. The van der Waals surface area contributed by atoms with Crippen molar-refractivity contribution in [3.8, 4) is 5.75 Å². The molecule has 0 bridgehead atoms. The van der Waals surface area contributed by atoms with E-state index in [1.807, 2.05) is 0 Å². The largest absolute Gasteiger partial charge is 0.495 e. The summed E-state index contributed by atoms with van der Waals surface area (Å²) in [6, 6.07) is 4.27. The molecule has 1 heterocycles. The van der Waals surface area contributed by atoms with Crippen molar-refractivity contribution in [2.45, 2.75) is 11.3 Å². The summed E-state index contributed by atoms with van der Waals surface area (Å²) in [5.41, 5.74) is 5.94. The first-order chi connectivity index (χ1) is 9.53. The van der Waals surface area contributed by atoms with Crippen molar-refractivity contribution in [1.29, 1.82) is 0 Å². The van der Waals surface area contributed by atoms with Gasteiger partial charge in [0, 0.05) is 13.0 Å². The normalized spacial score (nSPS) is 11.4. The van der Waals surface area contributed by atoms with Crippen LogP contribution in [-0.2, 0) is 16.4 Å². The molecule has 0 fully saturated rings. The van der Waals surface area contributed by atoms with E-state index in [1.165, 1.54) is 31.7 Å². The van der Waals surface area contributed by atoms with E-state index in [0.717, 1.165) is 0 Å². The van der Waals surface area contributed by atoms with Gasteiger partial charge in [-0.05, 0) is 18.2 Å². The van der Waals surface area contributed by atoms with Crippen LogP contribution in [0.25, 0.3) is 0 Å². The molecule has 20 heavy (non-hydrogen) atoms. The fourth-order valence-electron chi connectivity index (χ4n) is 1.56. The third-order valence-electron chi connectivity index (χ3n) is 2.56. The lowest BCUT2D eigenvalue weighted by Crippen LogP contribution is -2.26. The number of aromatic nitrogens is 2. The van der Waals surface area contributed by atoms with Gasteiger partial charge in [-0.2, -0.15) is 4.98 Å². The maximum absolute atomic E-state index is 12.0. The van der Waals surface area contributed by atoms with Crippen molar-refractivity contribution in [1.82, 2.24) is 14.9 Å². The van der Waals surface area contributed by atoms with E-state index in [9.17, 15) is 8.42 Å². The molecule has 0 aliphatic carbocycles. The van der Waals surface area contributed by atoms with E-state index in [0.29, 0.717) is 18.0 Å². The molecule has 3 N–H and O–H groups in total. The molecular formula is C11H14N4O4S. The zero-order chi connectivity index (χ0) is 14.6. The summed E-state index contributed by atoms with van der Waals surface area (Å²) < 4.78 is 36.0. The fraction of sp³-hybridized carbons (Fsp3) is 0.273. The summed E-state index contributed by atoms with van der Waals surface area (Å²) in [5, 5.41) is 3.59. The van der Waals surface area contributed by atoms with Gasteiger partial charge >= 0.3 is 0 Å². The van der Waals surface area contributed by atoms with E-state index in [4.69, 9.17) is 10.5 Å². The van der Waals surface area contributed by atoms with Crippen LogP contribution in [-0.4, -0.2) is 32.2 Å². The Balaban J connectivity index is 2.04. The molecule has 2 rings (SSSR count). The van der Waals surface area contributed by atoms with Gasteiger partial charge in [0.15, 0.2) is 5.82 Å². The second-order valence-electron chi connectivity index (χ2n) is 3.90. The van der Waals surface area contributed by atoms with Gasteiger partial charge < -0.3 is 15.0 Å². The summed E-state index contributed by atoms with van der Waals surface area (Å²) in [5.74, 6) is 0.859. The summed E-state index contributed by atoms with van der Waals surface area (Å²) in [4.78, 5) is 3.87. The summed E-state index contributed by atoms with van der Waals surface area (Å²) in [7, 11) is -2.17. The lowest BCUT2D eigenvalue weighted by atomic mass is 10.3. The lowest BCUT2D eigenvalue weighted by Gasteiger charge is -2.08. The number of nitrogens with zero attached hydrogens (tertiary/aromatic N) is 2. The maximum atomic E-state index is 12.0. The highest BCUT2D eigenvalue weighted by Gasteiger charge is 2.15. The van der Waals surface area contributed by atoms with Crippen LogP contribution in [0, 0.1) is 0 Å². The number of hydrogen-bond donors (Lipinski definition) is 2. The zero-order valence-electron chi connectivity index (χ0n) is 10.7. The van der Waals surface area contributed by atoms with Crippen LogP contribution >= 0.6 is 0 Å². The first kappa shape index (κ1) is 14.3. The van der Waals surface area contributed by atoms with Gasteiger partial charge in [0.05, 0.1) is 17.7 Å². The van der Waals surface area contributed by atoms with Gasteiger partial charge in [-0.25, -0.2) is 13.1 Å². The molecule has 0 saturated heterocycles. The second kappa shape index (κ2) is 5.88. The minimum atomic E-state index is -3.63. The van der Waals surface area contributed by atoms with Crippen LogP contribution in [0.4, 0.5) is 5.69 Å². The highest BCUT2D eigenvalue weighted by Crippen LogP contribution is 2.24. The molecule has 1 aromatic carbocycles. The molecule has 9 heteroatoms. The molecule has 0 saturated carbocycles. The van der Waals surface area contributed by atoms with Crippen LogP contribution in [0.1, 0.15) is 5.82 Å². The Morgan fingerprint density at radius 1 is 1.45 bits per heavy atom. The number of rotatable bonds is 6. The molecule has 8 nitrogen and oxygen atoms in total. The molecule has 0 aliphatic rings. The molecule has 0 atom stereocenters. The van der Waals surface area contributed by atoms with E-state index >= 15 is 0 Å². The molecule has 108 valence electrons. The number of methoxy groups -OCH3 is 1. The summed E-state index contributed by atoms with van der Waals surface area (Å²) in [6.07, 6.45) is 1.52. The minimum Gasteiger partial charge on any atom is -0.495 e. The first-order valence-corrected chi connectivity index (χ1v) is 7.19. The number of benzene rings is 1. The van der Waals surface area contributed by atoms with E-state index < -0.39 is 10.0 Å². The quantitative estimate of drug-likeness (QED) is 0.730. The fourth-order valence-corrected chi connectivity index (χ4v) is 2.63. The number of ether oxygens (including phenoxy) is 1. The maximum Gasteiger partial charge on any atom is 0.240 e. The molecule has 1 aromatic heterocycles. The summed E-state index contributed by atoms with van der Waals surface area (Å²) >= 11 is 0. The SMILES string of the molecule is COc1ccc(S(=O)(=O)NCCc2ncon2)cc1N. The molecule has 0 amide bonds. The van der Waals surface area contributed by atoms with Crippen LogP contribution in [0.3, 0.4) is 0 Å². The van der Waals surface area contributed by atoms with Crippen LogP contribution in [0.5, 0.6) is 5.75 Å². The smallest absolute Gasteiger partial charge is 0.240 e. The lowest BCUT2D eigenvalue weighted by molar-refractivity contribution is 0.409. The van der Waals surface area contributed by atoms with Crippen molar-refractivity contribution < 1.29 is 17.7 Å². The van der Waals surface area contributed by atoms with Gasteiger partial charge in [-0.15, -0.1) is 0 Å². The van der Waals surface area contributed by atoms with Crippen molar-refractivity contribution in [2.24, 2.45) is 0 Å². The van der Waals surface area contributed by atoms with Gasteiger partial charge in [-0.3, -0.25) is 0 Å². The van der Waals surface area contributed by atoms with E-state index in [-0.39, 0.29) is 17.1 Å². The third-order valence-corrected chi connectivity index (χ3v) is 4.02. The second-order valence-corrected chi connectivity index (χ2v) is 5.67. The minimum absolute atomic E-state index is 0.0731. The predicted molar refractivity (Wildman–Crippen MR) is 70.6 cm³/mol. The van der Waals surface area contributed by atoms with Gasteiger partial charge in [-0.1, -0.05) is 5.16 Å². The van der Waals surface area contributed by atoms with Crippen LogP contribution in [0.15, 0.2) is 34.0 Å². The van der Waals surface area contributed by atoms with Crippen LogP contribution < -0.4 is 15.2 Å². The van der Waals surface area contributed by atoms with Crippen LogP contribution in [0.2, 0.25) is 0 Å². The van der Waals surface area contributed by atoms with Gasteiger partial charge in [0.25, 0.3) is 0 Å². The standard InChI is InChI=1S/C11H14N4O4S/c1-18-10-3-2-8(6-9(10)12)20(16,17)14-5-4-11-13-7-19-15-11/h2-3,6-7,14H,4-5,12H2,1H3. The van der Waals surface area contributed by atoms with Crippen molar-refractivity contribution in [2.75, 3.05) is 19.4 Å². The molecular weight excluding hydrogens is 284 g/mol. The number of sulfonamides is 1. The van der Waals surface area contributed by atoms with Crippen molar-refractivity contribution in [3.63, 3.8) is 0 Å². The van der Waals surface area contributed by atoms with E-state index in [1.54, 1.807) is 0 Å². The monoisotopic (exact) mass is 298 g/mol. The number of nitrogens with two attached hydrogens (primary N) is 1.